The van der Waals surface area contributed by atoms with Crippen LogP contribution in [-0.2, 0) is 4.79 Å². The van der Waals surface area contributed by atoms with Gasteiger partial charge in [0.2, 0.25) is 5.91 Å². The molecular weight excluding hydrogens is 372 g/mol. The number of aromatic nitrogens is 2. The third-order valence-electron chi connectivity index (χ3n) is 5.37. The molecule has 1 fully saturated rings. The minimum atomic E-state index is -0.299. The number of anilines is 1. The molecule has 4 nitrogen and oxygen atoms in total. The smallest absolute Gasteiger partial charge is 0.227 e. The summed E-state index contributed by atoms with van der Waals surface area (Å²) >= 11 is 0. The Morgan fingerprint density at radius 1 is 0.862 bits per heavy atom. The van der Waals surface area contributed by atoms with Crippen LogP contribution in [0.2, 0.25) is 0 Å². The van der Waals surface area contributed by atoms with Gasteiger partial charge in [-0.3, -0.25) is 4.79 Å². The van der Waals surface area contributed by atoms with Gasteiger partial charge >= 0.3 is 0 Å². The predicted octanol–water partition coefficient (Wildman–Crippen LogP) is 5.17. The van der Waals surface area contributed by atoms with Crippen LogP contribution in [0.3, 0.4) is 0 Å². The van der Waals surface area contributed by atoms with Crippen LogP contribution in [0.5, 0.6) is 0 Å². The summed E-state index contributed by atoms with van der Waals surface area (Å²) in [6.07, 6.45) is 2.88. The lowest BCUT2D eigenvalue weighted by Crippen LogP contribution is -2.27. The van der Waals surface area contributed by atoms with Crippen molar-refractivity contribution in [1.29, 1.82) is 0 Å². The van der Waals surface area contributed by atoms with Crippen LogP contribution in [0.25, 0.3) is 16.6 Å². The summed E-state index contributed by atoms with van der Waals surface area (Å²) in [5, 5.41) is 5.30. The number of carbonyl (C=O) groups excluding carboxylic acids is 1. The topological polar surface area (TPSA) is 38.1 Å². The predicted molar refractivity (Wildman–Crippen MR) is 107 cm³/mol. The molecule has 2 heterocycles. The quantitative estimate of drug-likeness (QED) is 0.485. The van der Waals surface area contributed by atoms with Gasteiger partial charge in [0, 0.05) is 17.5 Å². The average Bonchev–Trinajstić information content (AvgIpc) is 3.32. The zero-order valence-corrected chi connectivity index (χ0v) is 15.4. The lowest BCUT2D eigenvalue weighted by atomic mass is 10.0. The lowest BCUT2D eigenvalue weighted by molar-refractivity contribution is -0.117. The first-order chi connectivity index (χ1) is 14.1. The van der Waals surface area contributed by atoms with Crippen molar-refractivity contribution in [2.24, 2.45) is 0 Å². The Hall–Kier alpha value is -3.54. The van der Waals surface area contributed by atoms with Gasteiger partial charge in [-0.15, -0.1) is 0 Å². The zero-order chi connectivity index (χ0) is 20.0. The van der Waals surface area contributed by atoms with E-state index in [4.69, 9.17) is 0 Å². The molecule has 6 heteroatoms. The van der Waals surface area contributed by atoms with Crippen molar-refractivity contribution in [3.05, 3.63) is 90.1 Å². The van der Waals surface area contributed by atoms with Gasteiger partial charge in [-0.05, 0) is 66.6 Å². The maximum atomic E-state index is 13.3. The number of hydrogen-bond donors (Lipinski definition) is 0. The van der Waals surface area contributed by atoms with Crippen LogP contribution in [0.4, 0.5) is 14.5 Å². The molecule has 1 saturated heterocycles. The van der Waals surface area contributed by atoms with Gasteiger partial charge in [-0.2, -0.15) is 5.10 Å². The monoisotopic (exact) mass is 389 g/mol. The average molecular weight is 389 g/mol. The summed E-state index contributed by atoms with van der Waals surface area (Å²) in [4.78, 5) is 14.4. The SMILES string of the molecule is O=C1CC[C@@H](c2ccc(F)cc2)N1c1ccc2c(cnn2-c2ccc(F)cc2)c1. The van der Waals surface area contributed by atoms with Gasteiger partial charge in [0.1, 0.15) is 11.6 Å². The molecular formula is C23H17F2N3O. The highest BCUT2D eigenvalue weighted by Crippen LogP contribution is 2.38. The standard InChI is InChI=1S/C23H17F2N3O/c24-17-3-1-15(2-4-17)21-11-12-23(29)27(21)20-9-10-22-16(13-20)14-26-28(22)19-7-5-18(25)6-8-19/h1-10,13-14,21H,11-12H2/t21-/m0/s1. The van der Waals surface area contributed by atoms with E-state index in [1.165, 1.54) is 24.3 Å². The van der Waals surface area contributed by atoms with Crippen molar-refractivity contribution < 1.29 is 13.6 Å². The van der Waals surface area contributed by atoms with Gasteiger partial charge in [0.15, 0.2) is 0 Å². The molecule has 1 amide bonds. The molecule has 0 N–H and O–H groups in total. The molecule has 0 saturated carbocycles. The van der Waals surface area contributed by atoms with Crippen molar-refractivity contribution in [2.75, 3.05) is 4.90 Å². The first-order valence-corrected chi connectivity index (χ1v) is 9.41. The highest BCUT2D eigenvalue weighted by atomic mass is 19.1. The summed E-state index contributed by atoms with van der Waals surface area (Å²) in [5.74, 6) is -0.546. The van der Waals surface area contributed by atoms with E-state index < -0.39 is 0 Å². The molecule has 5 rings (SSSR count). The van der Waals surface area contributed by atoms with E-state index in [0.717, 1.165) is 27.8 Å². The molecule has 1 aromatic heterocycles. The highest BCUT2D eigenvalue weighted by molar-refractivity contribution is 5.98. The summed E-state index contributed by atoms with van der Waals surface area (Å²) in [6.45, 7) is 0. The van der Waals surface area contributed by atoms with E-state index in [0.29, 0.717) is 12.8 Å². The normalized spacial score (nSPS) is 16.7. The van der Waals surface area contributed by atoms with Crippen LogP contribution in [0.1, 0.15) is 24.4 Å². The molecule has 29 heavy (non-hydrogen) atoms. The van der Waals surface area contributed by atoms with Gasteiger partial charge in [0.25, 0.3) is 0 Å². The van der Waals surface area contributed by atoms with E-state index in [2.05, 4.69) is 5.10 Å². The number of rotatable bonds is 3. The van der Waals surface area contributed by atoms with E-state index >= 15 is 0 Å². The van der Waals surface area contributed by atoms with Crippen molar-refractivity contribution in [2.45, 2.75) is 18.9 Å². The number of benzene rings is 3. The molecule has 1 atom stereocenters. The zero-order valence-electron chi connectivity index (χ0n) is 15.4. The molecule has 4 aromatic rings. The van der Waals surface area contributed by atoms with E-state index in [1.54, 1.807) is 40.0 Å². The fourth-order valence-corrected chi connectivity index (χ4v) is 3.97. The largest absolute Gasteiger partial charge is 0.305 e. The second-order valence-electron chi connectivity index (χ2n) is 7.15. The van der Waals surface area contributed by atoms with Gasteiger partial charge in [-0.25, -0.2) is 13.5 Å². The summed E-state index contributed by atoms with van der Waals surface area (Å²) < 4.78 is 28.3. The molecule has 144 valence electrons. The Kier molecular flexibility index (Phi) is 4.12. The first kappa shape index (κ1) is 17.6. The van der Waals surface area contributed by atoms with Gasteiger partial charge in [0.05, 0.1) is 23.4 Å². The van der Waals surface area contributed by atoms with E-state index in [9.17, 15) is 13.6 Å². The third-order valence-corrected chi connectivity index (χ3v) is 5.37. The lowest BCUT2D eigenvalue weighted by Gasteiger charge is -2.25. The number of carbonyl (C=O) groups is 1. The number of nitrogens with zero attached hydrogens (tertiary/aromatic N) is 3. The minimum absolute atomic E-state index is 0.0459. The van der Waals surface area contributed by atoms with Crippen LogP contribution < -0.4 is 4.90 Å². The first-order valence-electron chi connectivity index (χ1n) is 9.41. The molecule has 0 bridgehead atoms. The maximum absolute atomic E-state index is 13.3. The Morgan fingerprint density at radius 3 is 2.24 bits per heavy atom. The van der Waals surface area contributed by atoms with Crippen LogP contribution in [-0.4, -0.2) is 15.7 Å². The highest BCUT2D eigenvalue weighted by Gasteiger charge is 2.33. The van der Waals surface area contributed by atoms with Gasteiger partial charge < -0.3 is 4.90 Å². The van der Waals surface area contributed by atoms with E-state index in [1.807, 2.05) is 18.2 Å². The Morgan fingerprint density at radius 2 is 1.52 bits per heavy atom. The minimum Gasteiger partial charge on any atom is -0.305 e. The molecule has 0 radical (unpaired) electrons. The molecule has 1 aliphatic rings. The number of hydrogen-bond acceptors (Lipinski definition) is 2. The molecule has 1 aliphatic heterocycles. The molecule has 0 aliphatic carbocycles. The summed E-state index contributed by atoms with van der Waals surface area (Å²) in [7, 11) is 0. The molecule has 0 spiro atoms. The molecule has 0 unspecified atom stereocenters. The maximum Gasteiger partial charge on any atom is 0.227 e. The van der Waals surface area contributed by atoms with Crippen LogP contribution in [0, 0.1) is 11.6 Å². The van der Waals surface area contributed by atoms with Crippen molar-refractivity contribution in [3.8, 4) is 5.69 Å². The van der Waals surface area contributed by atoms with Crippen molar-refractivity contribution in [1.82, 2.24) is 9.78 Å². The number of halogens is 2. The van der Waals surface area contributed by atoms with E-state index in [-0.39, 0.29) is 23.6 Å². The third kappa shape index (κ3) is 3.06. The Bertz CT molecular complexity index is 1200. The Balaban J connectivity index is 1.53. The summed E-state index contributed by atoms with van der Waals surface area (Å²) in [6, 6.07) is 18.1. The van der Waals surface area contributed by atoms with Crippen molar-refractivity contribution >= 4 is 22.5 Å². The number of amides is 1. The van der Waals surface area contributed by atoms with Crippen molar-refractivity contribution in [3.63, 3.8) is 0 Å². The second kappa shape index (κ2) is 6.81. The Labute approximate surface area is 166 Å². The molecule has 3 aromatic carbocycles. The van der Waals surface area contributed by atoms with Crippen LogP contribution >= 0.6 is 0 Å². The summed E-state index contributed by atoms with van der Waals surface area (Å²) in [5.41, 5.74) is 3.33. The van der Waals surface area contributed by atoms with Gasteiger partial charge in [-0.1, -0.05) is 12.1 Å². The number of fused-ring (bicyclic) bond motifs is 1. The van der Waals surface area contributed by atoms with Crippen LogP contribution in [0.15, 0.2) is 72.9 Å². The second-order valence-corrected chi connectivity index (χ2v) is 7.15. The fraction of sp³-hybridized carbons (Fsp3) is 0.130. The fourth-order valence-electron chi connectivity index (χ4n) is 3.97.